The van der Waals surface area contributed by atoms with E-state index in [1.165, 1.54) is 18.2 Å². The van der Waals surface area contributed by atoms with Gasteiger partial charge in [0.1, 0.15) is 5.65 Å². The second kappa shape index (κ2) is 10.0. The highest BCUT2D eigenvalue weighted by atomic mass is 16.5. The fraction of sp³-hybridized carbons (Fsp3) is 0.333. The van der Waals surface area contributed by atoms with Gasteiger partial charge >= 0.3 is 5.97 Å². The molecule has 0 saturated heterocycles. The molecule has 0 spiro atoms. The van der Waals surface area contributed by atoms with Crippen molar-refractivity contribution in [1.82, 2.24) is 9.97 Å². The number of carbonyl (C=O) groups excluding carboxylic acids is 1. The van der Waals surface area contributed by atoms with Crippen LogP contribution >= 0.6 is 0 Å². The summed E-state index contributed by atoms with van der Waals surface area (Å²) in [6.45, 7) is 11.3. The number of nitrogens with zero attached hydrogens (tertiary/aromatic N) is 1. The third-order valence-electron chi connectivity index (χ3n) is 6.59. The second-order valence-electron chi connectivity index (χ2n) is 9.93. The molecule has 0 amide bonds. The second-order valence-corrected chi connectivity index (χ2v) is 9.93. The van der Waals surface area contributed by atoms with Crippen LogP contribution in [0.4, 0.5) is 0 Å². The van der Waals surface area contributed by atoms with Crippen molar-refractivity contribution in [3.63, 3.8) is 0 Å². The highest BCUT2D eigenvalue weighted by Gasteiger charge is 2.32. The SMILES string of the molecule is COC(=O)C(C)(C)c1cnc2[nH]c(-c3cc(C)cc(C)c3)c([C@H](C)COCc3ccccc3)c2c1. The summed E-state index contributed by atoms with van der Waals surface area (Å²) < 4.78 is 11.2. The molecule has 0 aliphatic carbocycles. The Morgan fingerprint density at radius 3 is 2.40 bits per heavy atom. The number of ether oxygens (including phenoxy) is 2. The Morgan fingerprint density at radius 1 is 1.06 bits per heavy atom. The Morgan fingerprint density at radius 2 is 1.74 bits per heavy atom. The molecule has 5 nitrogen and oxygen atoms in total. The summed E-state index contributed by atoms with van der Waals surface area (Å²) >= 11 is 0. The van der Waals surface area contributed by atoms with E-state index in [1.807, 2.05) is 32.0 Å². The lowest BCUT2D eigenvalue weighted by molar-refractivity contribution is -0.146. The molecule has 5 heteroatoms. The monoisotopic (exact) mass is 470 g/mol. The molecular formula is C30H34N2O3. The number of aryl methyl sites for hydroxylation is 2. The van der Waals surface area contributed by atoms with E-state index in [2.05, 4.69) is 62.2 Å². The van der Waals surface area contributed by atoms with E-state index in [4.69, 9.17) is 14.5 Å². The average Bonchev–Trinajstić information content (AvgIpc) is 3.22. The van der Waals surface area contributed by atoms with E-state index in [1.54, 1.807) is 6.20 Å². The molecule has 0 fully saturated rings. The van der Waals surface area contributed by atoms with Crippen molar-refractivity contribution < 1.29 is 14.3 Å². The van der Waals surface area contributed by atoms with Gasteiger partial charge in [0.25, 0.3) is 0 Å². The third-order valence-corrected chi connectivity index (χ3v) is 6.59. The summed E-state index contributed by atoms with van der Waals surface area (Å²) in [5.41, 5.74) is 7.69. The molecule has 4 aromatic rings. The number of hydrogen-bond acceptors (Lipinski definition) is 4. The van der Waals surface area contributed by atoms with Crippen LogP contribution in [-0.2, 0) is 26.3 Å². The van der Waals surface area contributed by atoms with Crippen LogP contribution in [0.3, 0.4) is 0 Å². The van der Waals surface area contributed by atoms with Gasteiger partial charge in [0.2, 0.25) is 0 Å². The Kier molecular flexibility index (Phi) is 7.08. The van der Waals surface area contributed by atoms with Crippen LogP contribution in [0.5, 0.6) is 0 Å². The Balaban J connectivity index is 1.78. The maximum absolute atomic E-state index is 12.5. The highest BCUT2D eigenvalue weighted by molar-refractivity contribution is 5.91. The average molecular weight is 471 g/mol. The molecule has 4 rings (SSSR count). The number of aromatic amines is 1. The number of methoxy groups -OCH3 is 1. The zero-order valence-corrected chi connectivity index (χ0v) is 21.4. The molecule has 0 unspecified atom stereocenters. The summed E-state index contributed by atoms with van der Waals surface area (Å²) in [5.74, 6) is -0.189. The quantitative estimate of drug-likeness (QED) is 0.294. The summed E-state index contributed by atoms with van der Waals surface area (Å²) in [6, 6.07) is 18.8. The van der Waals surface area contributed by atoms with Crippen LogP contribution in [0.25, 0.3) is 22.3 Å². The van der Waals surface area contributed by atoms with Crippen molar-refractivity contribution in [2.24, 2.45) is 0 Å². The molecule has 0 saturated carbocycles. The minimum Gasteiger partial charge on any atom is -0.468 e. The van der Waals surface area contributed by atoms with Crippen molar-refractivity contribution in [3.8, 4) is 11.3 Å². The summed E-state index contributed by atoms with van der Waals surface area (Å²) in [7, 11) is 1.42. The molecule has 2 heterocycles. The van der Waals surface area contributed by atoms with E-state index in [0.29, 0.717) is 13.2 Å². The van der Waals surface area contributed by atoms with Gasteiger partial charge in [0.05, 0.1) is 31.4 Å². The summed E-state index contributed by atoms with van der Waals surface area (Å²) in [5, 5.41) is 1.00. The molecule has 35 heavy (non-hydrogen) atoms. The number of rotatable bonds is 8. The topological polar surface area (TPSA) is 64.2 Å². The number of esters is 1. The fourth-order valence-electron chi connectivity index (χ4n) is 4.67. The first kappa shape index (κ1) is 24.7. The maximum atomic E-state index is 12.5. The molecule has 0 aliphatic heterocycles. The number of fused-ring (bicyclic) bond motifs is 1. The number of nitrogens with one attached hydrogen (secondary N) is 1. The summed E-state index contributed by atoms with van der Waals surface area (Å²) in [4.78, 5) is 20.8. The Bertz CT molecular complexity index is 1320. The van der Waals surface area contributed by atoms with Crippen LogP contribution in [0.1, 0.15) is 54.5 Å². The van der Waals surface area contributed by atoms with Gasteiger partial charge in [-0.25, -0.2) is 4.98 Å². The lowest BCUT2D eigenvalue weighted by atomic mass is 9.84. The van der Waals surface area contributed by atoms with Gasteiger partial charge in [-0.05, 0) is 68.1 Å². The van der Waals surface area contributed by atoms with E-state index < -0.39 is 5.41 Å². The molecule has 0 radical (unpaired) electrons. The first-order valence-corrected chi connectivity index (χ1v) is 12.0. The predicted octanol–water partition coefficient (Wildman–Crippen LogP) is 6.62. The van der Waals surface area contributed by atoms with Gasteiger partial charge < -0.3 is 14.5 Å². The van der Waals surface area contributed by atoms with Gasteiger partial charge in [-0.15, -0.1) is 0 Å². The number of carbonyl (C=O) groups is 1. The van der Waals surface area contributed by atoms with Gasteiger partial charge in [0, 0.05) is 17.5 Å². The summed E-state index contributed by atoms with van der Waals surface area (Å²) in [6.07, 6.45) is 1.77. The van der Waals surface area contributed by atoms with E-state index in [-0.39, 0.29) is 11.9 Å². The molecule has 1 N–H and O–H groups in total. The molecule has 2 aromatic carbocycles. The Hall–Kier alpha value is -3.44. The number of benzene rings is 2. The van der Waals surface area contributed by atoms with Crippen LogP contribution in [0.15, 0.2) is 60.8 Å². The number of pyridine rings is 1. The lowest BCUT2D eigenvalue weighted by Gasteiger charge is -2.22. The van der Waals surface area contributed by atoms with E-state index in [0.717, 1.165) is 39.0 Å². The van der Waals surface area contributed by atoms with Crippen molar-refractivity contribution >= 4 is 17.0 Å². The van der Waals surface area contributed by atoms with Gasteiger partial charge in [0.15, 0.2) is 0 Å². The van der Waals surface area contributed by atoms with Crippen molar-refractivity contribution in [1.29, 1.82) is 0 Å². The van der Waals surface area contributed by atoms with Crippen molar-refractivity contribution in [2.45, 2.75) is 52.6 Å². The molecule has 182 valence electrons. The number of H-pyrrole nitrogens is 1. The smallest absolute Gasteiger partial charge is 0.315 e. The maximum Gasteiger partial charge on any atom is 0.315 e. The highest BCUT2D eigenvalue weighted by Crippen LogP contribution is 2.38. The molecular weight excluding hydrogens is 436 g/mol. The molecule has 0 bridgehead atoms. The normalized spacial score (nSPS) is 12.6. The van der Waals surface area contributed by atoms with Gasteiger partial charge in [-0.3, -0.25) is 4.79 Å². The first-order chi connectivity index (χ1) is 16.7. The lowest BCUT2D eigenvalue weighted by Crippen LogP contribution is -2.30. The van der Waals surface area contributed by atoms with E-state index in [9.17, 15) is 4.79 Å². The standard InChI is InChI=1S/C30H34N2O3/c1-19-12-20(2)14-23(13-19)27-26(21(3)17-35-18-22-10-8-7-9-11-22)25-15-24(16-31-28(25)32-27)30(4,5)29(33)34-6/h7-16,21H,17-18H2,1-6H3,(H,31,32)/t21-/m1/s1. The Labute approximate surface area is 207 Å². The zero-order chi connectivity index (χ0) is 25.2. The third kappa shape index (κ3) is 5.15. The largest absolute Gasteiger partial charge is 0.468 e. The minimum atomic E-state index is -0.808. The van der Waals surface area contributed by atoms with Gasteiger partial charge in [-0.1, -0.05) is 54.4 Å². The van der Waals surface area contributed by atoms with Crippen LogP contribution < -0.4 is 0 Å². The number of aromatic nitrogens is 2. The van der Waals surface area contributed by atoms with Gasteiger partial charge in [-0.2, -0.15) is 0 Å². The molecule has 0 aliphatic rings. The number of hydrogen-bond donors (Lipinski definition) is 1. The first-order valence-electron chi connectivity index (χ1n) is 12.0. The molecule has 2 aromatic heterocycles. The van der Waals surface area contributed by atoms with Crippen LogP contribution in [0.2, 0.25) is 0 Å². The van der Waals surface area contributed by atoms with Crippen LogP contribution in [-0.4, -0.2) is 29.7 Å². The van der Waals surface area contributed by atoms with Crippen molar-refractivity contribution in [2.75, 3.05) is 13.7 Å². The van der Waals surface area contributed by atoms with Crippen LogP contribution in [0, 0.1) is 13.8 Å². The van der Waals surface area contributed by atoms with Crippen molar-refractivity contribution in [3.05, 3.63) is 88.6 Å². The minimum absolute atomic E-state index is 0.0987. The fourth-order valence-corrected chi connectivity index (χ4v) is 4.67. The predicted molar refractivity (Wildman–Crippen MR) is 141 cm³/mol. The molecule has 1 atom stereocenters. The zero-order valence-electron chi connectivity index (χ0n) is 21.4. The van der Waals surface area contributed by atoms with E-state index >= 15 is 0 Å².